The molecule has 0 aromatic carbocycles. The summed E-state index contributed by atoms with van der Waals surface area (Å²) in [5, 5.41) is 1.13. The molecule has 0 aliphatic carbocycles. The Labute approximate surface area is 77.0 Å². The van der Waals surface area contributed by atoms with Gasteiger partial charge in [0.05, 0.1) is 5.69 Å². The topological polar surface area (TPSA) is 54.7 Å². The quantitative estimate of drug-likeness (QED) is 0.733. The van der Waals surface area contributed by atoms with Gasteiger partial charge in [-0.25, -0.2) is 4.98 Å². The second kappa shape index (κ2) is 3.18. The number of nitrogens with one attached hydrogen (secondary N) is 1. The van der Waals surface area contributed by atoms with E-state index in [9.17, 15) is 0 Å². The van der Waals surface area contributed by atoms with E-state index in [0.717, 1.165) is 23.1 Å². The van der Waals surface area contributed by atoms with Crippen LogP contribution in [0.4, 0.5) is 0 Å². The third kappa shape index (κ3) is 1.42. The largest absolute Gasteiger partial charge is 0.346 e. The first-order valence-electron chi connectivity index (χ1n) is 4.51. The lowest BCUT2D eigenvalue weighted by Crippen LogP contribution is -2.10. The van der Waals surface area contributed by atoms with E-state index < -0.39 is 0 Å². The van der Waals surface area contributed by atoms with Crippen LogP contribution >= 0.6 is 0 Å². The molecule has 0 aliphatic heterocycles. The molecule has 0 saturated carbocycles. The Bertz CT molecular complexity index is 405. The van der Waals surface area contributed by atoms with Crippen LogP contribution in [0.25, 0.3) is 11.0 Å². The van der Waals surface area contributed by atoms with Gasteiger partial charge in [-0.1, -0.05) is 6.92 Å². The number of aromatic nitrogens is 2. The molecule has 2 rings (SSSR count). The zero-order valence-electron chi connectivity index (χ0n) is 7.62. The monoisotopic (exact) mass is 175 g/mol. The number of nitrogens with two attached hydrogens (primary N) is 1. The van der Waals surface area contributed by atoms with E-state index >= 15 is 0 Å². The number of H-pyrrole nitrogens is 1. The van der Waals surface area contributed by atoms with E-state index in [1.165, 1.54) is 0 Å². The summed E-state index contributed by atoms with van der Waals surface area (Å²) in [6, 6.07) is 6.09. The Balaban J connectivity index is 2.48. The van der Waals surface area contributed by atoms with Gasteiger partial charge in [-0.2, -0.15) is 0 Å². The third-order valence-corrected chi connectivity index (χ3v) is 2.25. The number of aromatic amines is 1. The molecule has 3 N–H and O–H groups in total. The van der Waals surface area contributed by atoms with Crippen LogP contribution < -0.4 is 5.73 Å². The molecular formula is C10H13N3. The molecule has 13 heavy (non-hydrogen) atoms. The minimum absolute atomic E-state index is 0.0488. The van der Waals surface area contributed by atoms with Crippen LogP contribution in [0.15, 0.2) is 24.4 Å². The molecule has 0 unspecified atom stereocenters. The molecule has 0 aliphatic rings. The summed E-state index contributed by atoms with van der Waals surface area (Å²) in [5.74, 6) is 0. The number of hydrogen-bond donors (Lipinski definition) is 2. The fourth-order valence-electron chi connectivity index (χ4n) is 1.36. The lowest BCUT2D eigenvalue weighted by atomic mass is 10.1. The van der Waals surface area contributed by atoms with Crippen molar-refractivity contribution in [2.45, 2.75) is 19.4 Å². The van der Waals surface area contributed by atoms with Gasteiger partial charge in [0.25, 0.3) is 0 Å². The molecule has 1 atom stereocenters. The molecule has 0 spiro atoms. The number of fused-ring (bicyclic) bond motifs is 1. The van der Waals surface area contributed by atoms with Gasteiger partial charge in [0.15, 0.2) is 0 Å². The van der Waals surface area contributed by atoms with Crippen molar-refractivity contribution < 1.29 is 0 Å². The second-order valence-corrected chi connectivity index (χ2v) is 3.17. The lowest BCUT2D eigenvalue weighted by Gasteiger charge is -2.06. The van der Waals surface area contributed by atoms with Crippen molar-refractivity contribution in [3.8, 4) is 0 Å². The van der Waals surface area contributed by atoms with Crippen LogP contribution in [0.2, 0.25) is 0 Å². The lowest BCUT2D eigenvalue weighted by molar-refractivity contribution is 0.678. The van der Waals surface area contributed by atoms with Crippen LogP contribution in [0, 0.1) is 0 Å². The molecule has 68 valence electrons. The standard InChI is InChI=1S/C10H13N3/c1-2-8(11)9-4-3-7-5-6-12-10(7)13-9/h3-6,8H,2,11H2,1H3,(H,12,13)/t8-/m1/s1. The maximum absolute atomic E-state index is 5.88. The zero-order valence-corrected chi connectivity index (χ0v) is 7.62. The Morgan fingerprint density at radius 1 is 1.46 bits per heavy atom. The number of pyridine rings is 1. The highest BCUT2D eigenvalue weighted by atomic mass is 14.9. The first kappa shape index (κ1) is 8.26. The van der Waals surface area contributed by atoms with Crippen LogP contribution in [0.1, 0.15) is 25.1 Å². The van der Waals surface area contributed by atoms with E-state index in [1.54, 1.807) is 0 Å². The fraction of sp³-hybridized carbons (Fsp3) is 0.300. The van der Waals surface area contributed by atoms with Crippen molar-refractivity contribution in [3.05, 3.63) is 30.1 Å². The molecular weight excluding hydrogens is 162 g/mol. The molecule has 2 aromatic heterocycles. The number of hydrogen-bond acceptors (Lipinski definition) is 2. The van der Waals surface area contributed by atoms with Crippen LogP contribution in [-0.4, -0.2) is 9.97 Å². The maximum atomic E-state index is 5.88. The van der Waals surface area contributed by atoms with Crippen LogP contribution in [0.3, 0.4) is 0 Å². The Morgan fingerprint density at radius 2 is 2.31 bits per heavy atom. The van der Waals surface area contributed by atoms with Crippen molar-refractivity contribution in [2.24, 2.45) is 5.73 Å². The molecule has 3 heteroatoms. The van der Waals surface area contributed by atoms with Crippen molar-refractivity contribution in [3.63, 3.8) is 0 Å². The van der Waals surface area contributed by atoms with Gasteiger partial charge >= 0.3 is 0 Å². The van der Waals surface area contributed by atoms with E-state index in [1.807, 2.05) is 24.4 Å². The average molecular weight is 175 g/mol. The van der Waals surface area contributed by atoms with E-state index in [-0.39, 0.29) is 6.04 Å². The maximum Gasteiger partial charge on any atom is 0.137 e. The molecule has 0 amide bonds. The highest BCUT2D eigenvalue weighted by Gasteiger charge is 2.05. The van der Waals surface area contributed by atoms with Gasteiger partial charge in [-0.05, 0) is 24.6 Å². The third-order valence-electron chi connectivity index (χ3n) is 2.25. The summed E-state index contributed by atoms with van der Waals surface area (Å²) >= 11 is 0. The van der Waals surface area contributed by atoms with E-state index in [4.69, 9.17) is 5.73 Å². The normalized spacial score (nSPS) is 13.4. The minimum atomic E-state index is 0.0488. The molecule has 3 nitrogen and oxygen atoms in total. The smallest absolute Gasteiger partial charge is 0.137 e. The number of nitrogens with zero attached hydrogens (tertiary/aromatic N) is 1. The molecule has 0 radical (unpaired) electrons. The zero-order chi connectivity index (χ0) is 9.26. The van der Waals surface area contributed by atoms with Crippen LogP contribution in [-0.2, 0) is 0 Å². The predicted octanol–water partition coefficient (Wildman–Crippen LogP) is 1.97. The Hall–Kier alpha value is -1.35. The second-order valence-electron chi connectivity index (χ2n) is 3.17. The van der Waals surface area contributed by atoms with Gasteiger partial charge in [0.2, 0.25) is 0 Å². The molecule has 2 aromatic rings. The summed E-state index contributed by atoms with van der Waals surface area (Å²) in [6.45, 7) is 2.06. The molecule has 2 heterocycles. The molecule has 0 saturated heterocycles. The first-order valence-corrected chi connectivity index (χ1v) is 4.51. The van der Waals surface area contributed by atoms with Crippen molar-refractivity contribution in [2.75, 3.05) is 0 Å². The van der Waals surface area contributed by atoms with E-state index in [2.05, 4.69) is 16.9 Å². The van der Waals surface area contributed by atoms with Crippen molar-refractivity contribution in [1.29, 1.82) is 0 Å². The summed E-state index contributed by atoms with van der Waals surface area (Å²) in [5.41, 5.74) is 7.75. The van der Waals surface area contributed by atoms with E-state index in [0.29, 0.717) is 0 Å². The Morgan fingerprint density at radius 3 is 3.08 bits per heavy atom. The van der Waals surface area contributed by atoms with Gasteiger partial charge < -0.3 is 10.7 Å². The predicted molar refractivity (Wildman–Crippen MR) is 53.3 cm³/mol. The first-order chi connectivity index (χ1) is 6.31. The molecule has 0 bridgehead atoms. The van der Waals surface area contributed by atoms with Gasteiger partial charge in [-0.15, -0.1) is 0 Å². The highest BCUT2D eigenvalue weighted by molar-refractivity contribution is 5.75. The Kier molecular flexibility index (Phi) is 2.02. The van der Waals surface area contributed by atoms with Gasteiger partial charge in [-0.3, -0.25) is 0 Å². The van der Waals surface area contributed by atoms with Crippen molar-refractivity contribution in [1.82, 2.24) is 9.97 Å². The van der Waals surface area contributed by atoms with Crippen molar-refractivity contribution >= 4 is 11.0 Å². The fourth-order valence-corrected chi connectivity index (χ4v) is 1.36. The minimum Gasteiger partial charge on any atom is -0.346 e. The summed E-state index contributed by atoms with van der Waals surface area (Å²) in [7, 11) is 0. The average Bonchev–Trinajstić information content (AvgIpc) is 2.63. The highest BCUT2D eigenvalue weighted by Crippen LogP contribution is 2.15. The summed E-state index contributed by atoms with van der Waals surface area (Å²) in [6.07, 6.45) is 2.80. The van der Waals surface area contributed by atoms with Crippen LogP contribution in [0.5, 0.6) is 0 Å². The SMILES string of the molecule is CC[C@@H](N)c1ccc2cc[nH]c2n1. The molecule has 0 fully saturated rings. The van der Waals surface area contributed by atoms with Gasteiger partial charge in [0, 0.05) is 17.6 Å². The summed E-state index contributed by atoms with van der Waals surface area (Å²) in [4.78, 5) is 7.50. The number of rotatable bonds is 2. The summed E-state index contributed by atoms with van der Waals surface area (Å²) < 4.78 is 0. The van der Waals surface area contributed by atoms with Gasteiger partial charge in [0.1, 0.15) is 5.65 Å².